The molecule has 0 saturated heterocycles. The summed E-state index contributed by atoms with van der Waals surface area (Å²) in [6.45, 7) is 7.60. The van der Waals surface area contributed by atoms with Gasteiger partial charge in [0, 0.05) is 0 Å². The van der Waals surface area contributed by atoms with Gasteiger partial charge in [-0.25, -0.2) is 0 Å². The maximum absolute atomic E-state index is 13.4. The SMILES string of the molecule is COC(=O)/C=C/O[C@@H](c1ccccc1)[C@@H](C(=O)OC(C)(C)C)C(C)[Se]c1ccccc1. The van der Waals surface area contributed by atoms with Crippen molar-refractivity contribution in [3.63, 3.8) is 0 Å². The Morgan fingerprint density at radius 3 is 2.10 bits per heavy atom. The van der Waals surface area contributed by atoms with E-state index < -0.39 is 23.6 Å². The zero-order valence-corrected chi connectivity index (χ0v) is 20.3. The summed E-state index contributed by atoms with van der Waals surface area (Å²) in [5, 5.41) is 0. The molecular weight excluding hydrogens is 459 g/mol. The van der Waals surface area contributed by atoms with Gasteiger partial charge in [-0.15, -0.1) is 0 Å². The molecule has 2 aromatic carbocycles. The summed E-state index contributed by atoms with van der Waals surface area (Å²) >= 11 is 0.00524. The topological polar surface area (TPSA) is 61.8 Å². The van der Waals surface area contributed by atoms with E-state index in [0.717, 1.165) is 5.56 Å². The van der Waals surface area contributed by atoms with Crippen molar-refractivity contribution in [3.8, 4) is 0 Å². The third kappa shape index (κ3) is 8.23. The number of rotatable bonds is 9. The van der Waals surface area contributed by atoms with Crippen molar-refractivity contribution in [2.45, 2.75) is 44.2 Å². The van der Waals surface area contributed by atoms with Crippen LogP contribution < -0.4 is 4.46 Å². The average Bonchev–Trinajstić information content (AvgIpc) is 2.72. The van der Waals surface area contributed by atoms with E-state index in [1.165, 1.54) is 23.9 Å². The van der Waals surface area contributed by atoms with Crippen LogP contribution >= 0.6 is 0 Å². The molecule has 0 amide bonds. The van der Waals surface area contributed by atoms with E-state index in [0.29, 0.717) is 0 Å². The predicted molar refractivity (Wildman–Crippen MR) is 122 cm³/mol. The Balaban J connectivity index is 2.41. The summed E-state index contributed by atoms with van der Waals surface area (Å²) in [6, 6.07) is 19.6. The molecule has 2 rings (SSSR count). The molecule has 2 aromatic rings. The van der Waals surface area contributed by atoms with Crippen molar-refractivity contribution in [3.05, 3.63) is 78.6 Å². The van der Waals surface area contributed by atoms with Gasteiger partial charge in [-0.1, -0.05) is 0 Å². The first-order chi connectivity index (χ1) is 14.7. The quantitative estimate of drug-likeness (QED) is 0.228. The van der Waals surface area contributed by atoms with E-state index >= 15 is 0 Å². The molecule has 0 radical (unpaired) electrons. The molecule has 0 heterocycles. The number of methoxy groups -OCH3 is 1. The Morgan fingerprint density at radius 1 is 0.968 bits per heavy atom. The first-order valence-corrected chi connectivity index (χ1v) is 12.0. The van der Waals surface area contributed by atoms with Crippen LogP contribution in [0, 0.1) is 5.92 Å². The van der Waals surface area contributed by atoms with Crippen LogP contribution in [-0.2, 0) is 23.8 Å². The van der Waals surface area contributed by atoms with Crippen molar-refractivity contribution < 1.29 is 23.8 Å². The Bertz CT molecular complexity index is 858. The molecule has 0 aliphatic rings. The monoisotopic (exact) mass is 490 g/mol. The summed E-state index contributed by atoms with van der Waals surface area (Å²) in [6.07, 6.45) is 1.88. The molecule has 0 bridgehead atoms. The maximum atomic E-state index is 13.4. The van der Waals surface area contributed by atoms with Crippen molar-refractivity contribution >= 4 is 31.4 Å². The summed E-state index contributed by atoms with van der Waals surface area (Å²) < 4.78 is 17.6. The third-order valence-electron chi connectivity index (χ3n) is 4.33. The van der Waals surface area contributed by atoms with Crippen LogP contribution in [0.4, 0.5) is 0 Å². The molecule has 1 unspecified atom stereocenters. The van der Waals surface area contributed by atoms with Crippen LogP contribution in [0.15, 0.2) is 73.0 Å². The van der Waals surface area contributed by atoms with E-state index in [1.54, 1.807) is 0 Å². The van der Waals surface area contributed by atoms with Crippen LogP contribution in [0.5, 0.6) is 0 Å². The van der Waals surface area contributed by atoms with E-state index in [2.05, 4.69) is 16.9 Å². The van der Waals surface area contributed by atoms with Gasteiger partial charge in [0.2, 0.25) is 0 Å². The van der Waals surface area contributed by atoms with Crippen molar-refractivity contribution in [1.82, 2.24) is 0 Å². The van der Waals surface area contributed by atoms with Gasteiger partial charge >= 0.3 is 191 Å². The van der Waals surface area contributed by atoms with Crippen LogP contribution in [0.25, 0.3) is 0 Å². The zero-order valence-electron chi connectivity index (χ0n) is 18.6. The minimum absolute atomic E-state index is 0.00524. The molecule has 3 atom stereocenters. The van der Waals surface area contributed by atoms with Gasteiger partial charge in [0.05, 0.1) is 0 Å². The molecule has 0 spiro atoms. The average molecular weight is 489 g/mol. The fraction of sp³-hybridized carbons (Fsp3) is 0.360. The fourth-order valence-electron chi connectivity index (χ4n) is 2.98. The summed E-state index contributed by atoms with van der Waals surface area (Å²) in [5.41, 5.74) is 0.210. The van der Waals surface area contributed by atoms with Crippen molar-refractivity contribution in [1.29, 1.82) is 0 Å². The Morgan fingerprint density at radius 2 is 1.55 bits per heavy atom. The second-order valence-electron chi connectivity index (χ2n) is 7.99. The van der Waals surface area contributed by atoms with E-state index in [-0.39, 0.29) is 25.7 Å². The molecule has 0 fully saturated rings. The first kappa shape index (κ1) is 24.7. The summed E-state index contributed by atoms with van der Waals surface area (Å²) in [5.74, 6) is -1.41. The molecule has 0 N–H and O–H groups in total. The second-order valence-corrected chi connectivity index (χ2v) is 11.0. The van der Waals surface area contributed by atoms with E-state index in [1.807, 2.05) is 76.2 Å². The van der Waals surface area contributed by atoms with Gasteiger partial charge in [0.15, 0.2) is 0 Å². The zero-order chi connectivity index (χ0) is 22.9. The number of hydrogen-bond donors (Lipinski definition) is 0. The standard InChI is InChI=1S/C25H30O5Se/c1-18(31-20-14-10-7-11-15-20)22(24(27)30-25(2,3)4)23(19-12-8-6-9-13-19)29-17-16-21(26)28-5/h6-18,22-23H,1-5H3/b17-16+/t18?,22-,23-/m0/s1. The van der Waals surface area contributed by atoms with Gasteiger partial charge < -0.3 is 0 Å². The summed E-state index contributed by atoms with van der Waals surface area (Å²) in [4.78, 5) is 24.8. The summed E-state index contributed by atoms with van der Waals surface area (Å²) in [7, 11) is 1.30. The van der Waals surface area contributed by atoms with Crippen LogP contribution in [0.2, 0.25) is 4.82 Å². The van der Waals surface area contributed by atoms with Gasteiger partial charge in [-0.05, 0) is 0 Å². The Labute approximate surface area is 190 Å². The number of benzene rings is 2. The van der Waals surface area contributed by atoms with Crippen molar-refractivity contribution in [2.24, 2.45) is 5.92 Å². The molecule has 0 aromatic heterocycles. The normalized spacial score (nSPS) is 14.5. The molecule has 31 heavy (non-hydrogen) atoms. The molecular formula is C25H30O5Se. The number of ether oxygens (including phenoxy) is 3. The predicted octanol–water partition coefficient (Wildman–Crippen LogP) is 4.23. The Hall–Kier alpha value is -2.56. The molecule has 5 nitrogen and oxygen atoms in total. The Kier molecular flexibility index (Phi) is 9.35. The fourth-order valence-corrected chi connectivity index (χ4v) is 5.38. The molecule has 166 valence electrons. The van der Waals surface area contributed by atoms with Crippen LogP contribution in [0.1, 0.15) is 39.4 Å². The third-order valence-corrected chi connectivity index (χ3v) is 6.87. The van der Waals surface area contributed by atoms with Gasteiger partial charge in [0.25, 0.3) is 0 Å². The van der Waals surface area contributed by atoms with Gasteiger partial charge in [0.1, 0.15) is 0 Å². The number of carbonyl (C=O) groups excluding carboxylic acids is 2. The number of esters is 2. The first-order valence-electron chi connectivity index (χ1n) is 10.1. The molecule has 0 saturated carbocycles. The van der Waals surface area contributed by atoms with Gasteiger partial charge in [-0.2, -0.15) is 0 Å². The molecule has 0 aliphatic carbocycles. The van der Waals surface area contributed by atoms with Crippen LogP contribution in [-0.4, -0.2) is 39.6 Å². The molecule has 6 heteroatoms. The van der Waals surface area contributed by atoms with E-state index in [9.17, 15) is 9.59 Å². The van der Waals surface area contributed by atoms with Crippen LogP contribution in [0.3, 0.4) is 0 Å². The number of hydrogen-bond acceptors (Lipinski definition) is 5. The van der Waals surface area contributed by atoms with Gasteiger partial charge in [-0.3, -0.25) is 0 Å². The minimum atomic E-state index is -0.627. The van der Waals surface area contributed by atoms with E-state index in [4.69, 9.17) is 9.47 Å². The number of carbonyl (C=O) groups is 2. The second kappa shape index (κ2) is 11.7. The van der Waals surface area contributed by atoms with Crippen molar-refractivity contribution in [2.75, 3.05) is 7.11 Å². The molecule has 0 aliphatic heterocycles.